The van der Waals surface area contributed by atoms with E-state index in [0.717, 1.165) is 12.4 Å². The molecule has 1 heterocycles. The van der Waals surface area contributed by atoms with Crippen molar-refractivity contribution in [3.8, 4) is 0 Å². The number of aromatic nitrogens is 2. The van der Waals surface area contributed by atoms with Crippen LogP contribution in [-0.4, -0.2) is 22.8 Å². The molecule has 0 amide bonds. The molecule has 1 aliphatic rings. The summed E-state index contributed by atoms with van der Waals surface area (Å²) in [5.41, 5.74) is 5.70. The molecule has 0 bridgehead atoms. The summed E-state index contributed by atoms with van der Waals surface area (Å²) >= 11 is 0. The monoisotopic (exact) mass is 192 g/mol. The van der Waals surface area contributed by atoms with Gasteiger partial charge >= 0.3 is 0 Å². The molecule has 2 atom stereocenters. The zero-order chi connectivity index (χ0) is 9.80. The number of nitrogens with zero attached hydrogens (tertiary/aromatic N) is 2. The largest absolute Gasteiger partial charge is 0.366 e. The Morgan fingerprint density at radius 3 is 3.14 bits per heavy atom. The molecule has 3 N–H and O–H groups in total. The molecule has 1 aromatic heterocycles. The van der Waals surface area contributed by atoms with Crippen molar-refractivity contribution < 1.29 is 0 Å². The first-order chi connectivity index (χ1) is 6.90. The van der Waals surface area contributed by atoms with Crippen LogP contribution in [0.25, 0.3) is 0 Å². The van der Waals surface area contributed by atoms with Crippen molar-refractivity contribution in [2.75, 3.05) is 11.9 Å². The SMILES string of the molecule is NCC1CCCC1Nc1cccnn1. The molecule has 4 heteroatoms. The fraction of sp³-hybridized carbons (Fsp3) is 0.600. The van der Waals surface area contributed by atoms with Crippen molar-refractivity contribution in [3.05, 3.63) is 18.3 Å². The van der Waals surface area contributed by atoms with Gasteiger partial charge in [0.05, 0.1) is 0 Å². The van der Waals surface area contributed by atoms with Crippen LogP contribution in [0, 0.1) is 5.92 Å². The van der Waals surface area contributed by atoms with E-state index in [0.29, 0.717) is 12.0 Å². The highest BCUT2D eigenvalue weighted by Gasteiger charge is 2.25. The van der Waals surface area contributed by atoms with Gasteiger partial charge < -0.3 is 11.1 Å². The van der Waals surface area contributed by atoms with E-state index in [1.807, 2.05) is 12.1 Å². The molecule has 14 heavy (non-hydrogen) atoms. The van der Waals surface area contributed by atoms with Crippen LogP contribution in [0.5, 0.6) is 0 Å². The molecule has 0 aliphatic heterocycles. The van der Waals surface area contributed by atoms with E-state index in [9.17, 15) is 0 Å². The molecule has 1 saturated carbocycles. The zero-order valence-electron chi connectivity index (χ0n) is 8.19. The Morgan fingerprint density at radius 2 is 2.43 bits per heavy atom. The molecular formula is C10H16N4. The Kier molecular flexibility index (Phi) is 2.93. The second kappa shape index (κ2) is 4.37. The van der Waals surface area contributed by atoms with E-state index in [1.165, 1.54) is 19.3 Å². The Hall–Kier alpha value is -1.16. The van der Waals surface area contributed by atoms with Gasteiger partial charge in [0.2, 0.25) is 0 Å². The minimum atomic E-state index is 0.483. The lowest BCUT2D eigenvalue weighted by molar-refractivity contribution is 0.515. The average Bonchev–Trinajstić information content (AvgIpc) is 2.67. The van der Waals surface area contributed by atoms with Gasteiger partial charge in [0, 0.05) is 12.2 Å². The third-order valence-corrected chi connectivity index (χ3v) is 2.87. The molecule has 1 aliphatic carbocycles. The molecule has 0 spiro atoms. The van der Waals surface area contributed by atoms with Crippen molar-refractivity contribution in [3.63, 3.8) is 0 Å². The highest BCUT2D eigenvalue weighted by Crippen LogP contribution is 2.26. The van der Waals surface area contributed by atoms with E-state index in [-0.39, 0.29) is 0 Å². The molecule has 2 rings (SSSR count). The van der Waals surface area contributed by atoms with E-state index in [2.05, 4.69) is 15.5 Å². The van der Waals surface area contributed by atoms with Crippen molar-refractivity contribution in [1.29, 1.82) is 0 Å². The lowest BCUT2D eigenvalue weighted by atomic mass is 10.0. The van der Waals surface area contributed by atoms with E-state index >= 15 is 0 Å². The van der Waals surface area contributed by atoms with Gasteiger partial charge in [-0.1, -0.05) is 6.42 Å². The van der Waals surface area contributed by atoms with Crippen LogP contribution >= 0.6 is 0 Å². The van der Waals surface area contributed by atoms with Gasteiger partial charge in [-0.15, -0.1) is 5.10 Å². The number of hydrogen-bond donors (Lipinski definition) is 2. The van der Waals surface area contributed by atoms with E-state index in [4.69, 9.17) is 5.73 Å². The van der Waals surface area contributed by atoms with Crippen molar-refractivity contribution >= 4 is 5.82 Å². The van der Waals surface area contributed by atoms with E-state index in [1.54, 1.807) is 6.20 Å². The summed E-state index contributed by atoms with van der Waals surface area (Å²) in [5.74, 6) is 1.45. The molecule has 2 unspecified atom stereocenters. The molecule has 0 aromatic carbocycles. The minimum Gasteiger partial charge on any atom is -0.366 e. The van der Waals surface area contributed by atoms with Crippen LogP contribution in [0.4, 0.5) is 5.82 Å². The standard InChI is InChI=1S/C10H16N4/c11-7-8-3-1-4-9(8)13-10-5-2-6-12-14-10/h2,5-6,8-9H,1,3-4,7,11H2,(H,13,14). The summed E-state index contributed by atoms with van der Waals surface area (Å²) in [6, 6.07) is 4.32. The van der Waals surface area contributed by atoms with Gasteiger partial charge in [0.1, 0.15) is 5.82 Å². The molecule has 0 saturated heterocycles. The molecule has 1 fully saturated rings. The quantitative estimate of drug-likeness (QED) is 0.750. The normalized spacial score (nSPS) is 26.4. The van der Waals surface area contributed by atoms with Crippen molar-refractivity contribution in [1.82, 2.24) is 10.2 Å². The first kappa shape index (κ1) is 9.40. The van der Waals surface area contributed by atoms with Crippen LogP contribution in [-0.2, 0) is 0 Å². The maximum absolute atomic E-state index is 5.70. The van der Waals surface area contributed by atoms with Gasteiger partial charge in [-0.3, -0.25) is 0 Å². The number of hydrogen-bond acceptors (Lipinski definition) is 4. The maximum atomic E-state index is 5.70. The number of nitrogens with one attached hydrogen (secondary N) is 1. The number of nitrogens with two attached hydrogens (primary N) is 1. The first-order valence-electron chi connectivity index (χ1n) is 5.14. The molecule has 1 aromatic rings. The first-order valence-corrected chi connectivity index (χ1v) is 5.14. The molecule has 76 valence electrons. The fourth-order valence-corrected chi connectivity index (χ4v) is 2.08. The summed E-state index contributed by atoms with van der Waals surface area (Å²) < 4.78 is 0. The van der Waals surface area contributed by atoms with Gasteiger partial charge in [0.15, 0.2) is 0 Å². The summed E-state index contributed by atoms with van der Waals surface area (Å²) in [7, 11) is 0. The van der Waals surface area contributed by atoms with Gasteiger partial charge in [-0.05, 0) is 37.4 Å². The minimum absolute atomic E-state index is 0.483. The second-order valence-electron chi connectivity index (χ2n) is 3.79. The van der Waals surface area contributed by atoms with Crippen LogP contribution in [0.1, 0.15) is 19.3 Å². The Balaban J connectivity index is 1.97. The topological polar surface area (TPSA) is 63.8 Å². The Bertz CT molecular complexity index is 275. The second-order valence-corrected chi connectivity index (χ2v) is 3.79. The third kappa shape index (κ3) is 2.01. The predicted molar refractivity (Wildman–Crippen MR) is 55.8 cm³/mol. The molecular weight excluding hydrogens is 176 g/mol. The number of rotatable bonds is 3. The number of anilines is 1. The molecule has 4 nitrogen and oxygen atoms in total. The lowest BCUT2D eigenvalue weighted by Gasteiger charge is -2.19. The summed E-state index contributed by atoms with van der Waals surface area (Å²) in [4.78, 5) is 0. The highest BCUT2D eigenvalue weighted by atomic mass is 15.2. The van der Waals surface area contributed by atoms with Gasteiger partial charge in [-0.2, -0.15) is 5.10 Å². The molecule has 0 radical (unpaired) electrons. The highest BCUT2D eigenvalue weighted by molar-refractivity contribution is 5.33. The van der Waals surface area contributed by atoms with Crippen molar-refractivity contribution in [2.45, 2.75) is 25.3 Å². The van der Waals surface area contributed by atoms with Gasteiger partial charge in [-0.25, -0.2) is 0 Å². The maximum Gasteiger partial charge on any atom is 0.148 e. The summed E-state index contributed by atoms with van der Waals surface area (Å²) in [5, 5.41) is 11.2. The fourth-order valence-electron chi connectivity index (χ4n) is 2.08. The van der Waals surface area contributed by atoms with Crippen molar-refractivity contribution in [2.24, 2.45) is 11.7 Å². The van der Waals surface area contributed by atoms with Crippen LogP contribution in [0.2, 0.25) is 0 Å². The van der Waals surface area contributed by atoms with Crippen LogP contribution in [0.3, 0.4) is 0 Å². The summed E-state index contributed by atoms with van der Waals surface area (Å²) in [6.07, 6.45) is 5.37. The average molecular weight is 192 g/mol. The third-order valence-electron chi connectivity index (χ3n) is 2.87. The van der Waals surface area contributed by atoms with Gasteiger partial charge in [0.25, 0.3) is 0 Å². The Labute approximate surface area is 83.9 Å². The lowest BCUT2D eigenvalue weighted by Crippen LogP contribution is -2.29. The van der Waals surface area contributed by atoms with E-state index < -0.39 is 0 Å². The van der Waals surface area contributed by atoms with Crippen LogP contribution < -0.4 is 11.1 Å². The van der Waals surface area contributed by atoms with Crippen LogP contribution in [0.15, 0.2) is 18.3 Å². The zero-order valence-corrected chi connectivity index (χ0v) is 8.19. The summed E-state index contributed by atoms with van der Waals surface area (Å²) in [6.45, 7) is 0.762. The Morgan fingerprint density at radius 1 is 1.50 bits per heavy atom. The smallest absolute Gasteiger partial charge is 0.148 e. The predicted octanol–water partition coefficient (Wildman–Crippen LogP) is 1.02.